The smallest absolute Gasteiger partial charge is 0.175 e. The van der Waals surface area contributed by atoms with Crippen LogP contribution < -0.4 is 15.4 Å². The first-order valence-electron chi connectivity index (χ1n) is 9.78. The Balaban J connectivity index is 1.52. The van der Waals surface area contributed by atoms with Gasteiger partial charge in [-0.05, 0) is 66.7 Å². The molecule has 6 heteroatoms. The quantitative estimate of drug-likeness (QED) is 0.420. The number of anilines is 2. The van der Waals surface area contributed by atoms with Gasteiger partial charge in [0.05, 0.1) is 30.7 Å². The molecule has 0 aliphatic heterocycles. The number of benzene rings is 3. The van der Waals surface area contributed by atoms with Gasteiger partial charge in [-0.15, -0.1) is 0 Å². The third kappa shape index (κ3) is 4.14. The van der Waals surface area contributed by atoms with Crippen molar-refractivity contribution < 1.29 is 4.74 Å². The van der Waals surface area contributed by atoms with Crippen molar-refractivity contribution in [1.82, 2.24) is 9.78 Å². The van der Waals surface area contributed by atoms with E-state index >= 15 is 0 Å². The molecule has 1 heterocycles. The minimum absolute atomic E-state index is 0.524. The molecule has 0 radical (unpaired) electrons. The Bertz CT molecular complexity index is 1190. The summed E-state index contributed by atoms with van der Waals surface area (Å²) in [6, 6.07) is 22.5. The summed E-state index contributed by atoms with van der Waals surface area (Å²) >= 11 is 5.51. The molecule has 0 spiro atoms. The van der Waals surface area contributed by atoms with E-state index < -0.39 is 0 Å². The van der Waals surface area contributed by atoms with Gasteiger partial charge in [0.25, 0.3) is 0 Å². The molecule has 0 atom stereocenters. The lowest BCUT2D eigenvalue weighted by molar-refractivity contribution is 0.415. The van der Waals surface area contributed by atoms with Crippen LogP contribution in [-0.2, 0) is 6.54 Å². The second-order valence-corrected chi connectivity index (χ2v) is 7.56. The number of rotatable bonds is 5. The first-order valence-corrected chi connectivity index (χ1v) is 10.2. The number of aryl methyl sites for hydroxylation is 1. The van der Waals surface area contributed by atoms with E-state index in [9.17, 15) is 0 Å². The molecule has 152 valence electrons. The molecule has 0 bridgehead atoms. The highest BCUT2D eigenvalue weighted by Crippen LogP contribution is 2.24. The summed E-state index contributed by atoms with van der Waals surface area (Å²) in [5.74, 6) is 0.806. The van der Waals surface area contributed by atoms with E-state index in [0.29, 0.717) is 11.7 Å². The average molecular weight is 417 g/mol. The minimum Gasteiger partial charge on any atom is -0.497 e. The van der Waals surface area contributed by atoms with Crippen LogP contribution in [0.3, 0.4) is 0 Å². The van der Waals surface area contributed by atoms with Crippen LogP contribution in [0.1, 0.15) is 17.0 Å². The predicted molar refractivity (Wildman–Crippen MR) is 128 cm³/mol. The van der Waals surface area contributed by atoms with Crippen molar-refractivity contribution in [1.29, 1.82) is 0 Å². The van der Waals surface area contributed by atoms with E-state index in [2.05, 4.69) is 60.0 Å². The predicted octanol–water partition coefficient (Wildman–Crippen LogP) is 5.52. The summed E-state index contributed by atoms with van der Waals surface area (Å²) in [7, 11) is 1.65. The standard InChI is InChI=1S/C24H24N4OS/c1-16-23(26-24(30)25-20-11-13-21(29-3)14-12-20)17(2)28(27-16)15-19-9-6-8-18-7-4-5-10-22(18)19/h4-14H,15H2,1-3H3,(H2,25,26,30). The van der Waals surface area contributed by atoms with Crippen molar-refractivity contribution >= 4 is 39.5 Å². The van der Waals surface area contributed by atoms with Crippen LogP contribution in [-0.4, -0.2) is 22.0 Å². The Labute approximate surface area is 181 Å². The third-order valence-corrected chi connectivity index (χ3v) is 5.37. The van der Waals surface area contributed by atoms with Gasteiger partial charge in [-0.25, -0.2) is 0 Å². The van der Waals surface area contributed by atoms with E-state index in [0.717, 1.165) is 28.5 Å². The van der Waals surface area contributed by atoms with Gasteiger partial charge < -0.3 is 15.4 Å². The molecule has 0 fully saturated rings. The number of nitrogens with zero attached hydrogens (tertiary/aromatic N) is 2. The van der Waals surface area contributed by atoms with Gasteiger partial charge in [0, 0.05) is 5.69 Å². The molecule has 3 aromatic carbocycles. The van der Waals surface area contributed by atoms with Gasteiger partial charge in [0.2, 0.25) is 0 Å². The summed E-state index contributed by atoms with van der Waals surface area (Å²) in [6.07, 6.45) is 0. The highest BCUT2D eigenvalue weighted by Gasteiger charge is 2.14. The number of methoxy groups -OCH3 is 1. The van der Waals surface area contributed by atoms with Crippen LogP contribution in [0.15, 0.2) is 66.7 Å². The fraction of sp³-hybridized carbons (Fsp3) is 0.167. The summed E-state index contributed by atoms with van der Waals surface area (Å²) in [6.45, 7) is 4.75. The average Bonchev–Trinajstić information content (AvgIpc) is 3.02. The maximum absolute atomic E-state index is 5.51. The molecule has 5 nitrogen and oxygen atoms in total. The molecule has 0 unspecified atom stereocenters. The Kier molecular flexibility index (Phi) is 5.68. The van der Waals surface area contributed by atoms with E-state index in [4.69, 9.17) is 22.1 Å². The van der Waals surface area contributed by atoms with Crippen molar-refractivity contribution in [3.63, 3.8) is 0 Å². The maximum Gasteiger partial charge on any atom is 0.175 e. The van der Waals surface area contributed by atoms with Crippen LogP contribution in [0.25, 0.3) is 10.8 Å². The Hall–Kier alpha value is -3.38. The molecule has 1 aromatic heterocycles. The van der Waals surface area contributed by atoms with Gasteiger partial charge in [-0.1, -0.05) is 42.5 Å². The Morgan fingerprint density at radius 1 is 0.967 bits per heavy atom. The van der Waals surface area contributed by atoms with E-state index in [1.807, 2.05) is 35.9 Å². The molecule has 2 N–H and O–H groups in total. The second kappa shape index (κ2) is 8.55. The number of aromatic nitrogens is 2. The molecular weight excluding hydrogens is 392 g/mol. The van der Waals surface area contributed by atoms with Crippen molar-refractivity contribution in [2.75, 3.05) is 17.7 Å². The summed E-state index contributed by atoms with van der Waals surface area (Å²) in [4.78, 5) is 0. The molecule has 4 rings (SSSR count). The molecule has 0 aliphatic rings. The summed E-state index contributed by atoms with van der Waals surface area (Å²) in [5, 5.41) is 14.3. The fourth-order valence-electron chi connectivity index (χ4n) is 3.57. The lowest BCUT2D eigenvalue weighted by Crippen LogP contribution is -2.20. The molecule has 0 amide bonds. The van der Waals surface area contributed by atoms with Gasteiger partial charge in [-0.2, -0.15) is 5.10 Å². The van der Waals surface area contributed by atoms with Crippen molar-refractivity contribution in [2.45, 2.75) is 20.4 Å². The molecule has 0 saturated heterocycles. The van der Waals surface area contributed by atoms with E-state index in [-0.39, 0.29) is 0 Å². The number of fused-ring (bicyclic) bond motifs is 1. The lowest BCUT2D eigenvalue weighted by Gasteiger charge is -2.12. The van der Waals surface area contributed by atoms with Crippen LogP contribution in [0.4, 0.5) is 11.4 Å². The third-order valence-electron chi connectivity index (χ3n) is 5.17. The zero-order valence-corrected chi connectivity index (χ0v) is 18.1. The van der Waals surface area contributed by atoms with Crippen molar-refractivity contribution in [3.8, 4) is 5.75 Å². The largest absolute Gasteiger partial charge is 0.497 e. The molecular formula is C24H24N4OS. The number of hydrogen-bond acceptors (Lipinski definition) is 3. The zero-order valence-electron chi connectivity index (χ0n) is 17.3. The minimum atomic E-state index is 0.524. The topological polar surface area (TPSA) is 51.1 Å². The number of nitrogens with one attached hydrogen (secondary N) is 2. The number of hydrogen-bond donors (Lipinski definition) is 2. The maximum atomic E-state index is 5.51. The van der Waals surface area contributed by atoms with E-state index in [1.165, 1.54) is 16.3 Å². The number of thiocarbonyl (C=S) groups is 1. The van der Waals surface area contributed by atoms with Gasteiger partial charge in [0.15, 0.2) is 5.11 Å². The summed E-state index contributed by atoms with van der Waals surface area (Å²) in [5.41, 5.74) is 5.02. The highest BCUT2D eigenvalue weighted by atomic mass is 32.1. The molecule has 30 heavy (non-hydrogen) atoms. The monoisotopic (exact) mass is 416 g/mol. The second-order valence-electron chi connectivity index (χ2n) is 7.15. The van der Waals surface area contributed by atoms with Crippen molar-refractivity contribution in [3.05, 3.63) is 83.7 Å². The first kappa shape index (κ1) is 19.9. The Morgan fingerprint density at radius 2 is 1.70 bits per heavy atom. The summed E-state index contributed by atoms with van der Waals surface area (Å²) < 4.78 is 7.22. The SMILES string of the molecule is COc1ccc(NC(=S)Nc2c(C)nn(Cc3cccc4ccccc34)c2C)cc1. The van der Waals surface area contributed by atoms with Crippen LogP contribution in [0, 0.1) is 13.8 Å². The molecule has 4 aromatic rings. The van der Waals surface area contributed by atoms with Gasteiger partial charge in [0.1, 0.15) is 5.75 Å². The fourth-order valence-corrected chi connectivity index (χ4v) is 3.79. The van der Waals surface area contributed by atoms with Crippen LogP contribution in [0.5, 0.6) is 5.75 Å². The zero-order chi connectivity index (χ0) is 21.1. The Morgan fingerprint density at radius 3 is 2.47 bits per heavy atom. The lowest BCUT2D eigenvalue weighted by atomic mass is 10.0. The van der Waals surface area contributed by atoms with Gasteiger partial charge in [-0.3, -0.25) is 4.68 Å². The highest BCUT2D eigenvalue weighted by molar-refractivity contribution is 7.80. The van der Waals surface area contributed by atoms with Gasteiger partial charge >= 0.3 is 0 Å². The molecule has 0 aliphatic carbocycles. The van der Waals surface area contributed by atoms with Crippen molar-refractivity contribution in [2.24, 2.45) is 0 Å². The van der Waals surface area contributed by atoms with Crippen LogP contribution >= 0.6 is 12.2 Å². The molecule has 0 saturated carbocycles. The normalized spacial score (nSPS) is 10.8. The number of ether oxygens (including phenoxy) is 1. The van der Waals surface area contributed by atoms with E-state index in [1.54, 1.807) is 7.11 Å². The first-order chi connectivity index (χ1) is 14.5. The van der Waals surface area contributed by atoms with Crippen LogP contribution in [0.2, 0.25) is 0 Å².